The van der Waals surface area contributed by atoms with Crippen LogP contribution in [0.25, 0.3) is 0 Å². The van der Waals surface area contributed by atoms with Crippen LogP contribution < -0.4 is 5.32 Å². The number of benzene rings is 1. The van der Waals surface area contributed by atoms with Gasteiger partial charge in [0.1, 0.15) is 0 Å². The molecule has 0 aromatic heterocycles. The zero-order chi connectivity index (χ0) is 12.0. The molecular weight excluding hydrogens is 215 g/mol. The molecule has 0 aliphatic rings. The van der Waals surface area contributed by atoms with E-state index in [1.807, 2.05) is 6.92 Å². The molecule has 0 aliphatic heterocycles. The topological polar surface area (TPSA) is 12.0 Å². The van der Waals surface area contributed by atoms with E-state index in [0.29, 0.717) is 6.54 Å². The van der Waals surface area contributed by atoms with Crippen LogP contribution in [0.2, 0.25) is 0 Å². The molecule has 0 aliphatic carbocycles. The lowest BCUT2D eigenvalue weighted by Crippen LogP contribution is -2.14. The largest absolute Gasteiger partial charge is 0.306 e. The van der Waals surface area contributed by atoms with Gasteiger partial charge in [-0.15, -0.1) is 0 Å². The highest BCUT2D eigenvalue weighted by Gasteiger charge is 2.11. The Labute approximate surface area is 92.7 Å². The van der Waals surface area contributed by atoms with Crippen LogP contribution >= 0.6 is 0 Å². The van der Waals surface area contributed by atoms with Gasteiger partial charge in [-0.25, -0.2) is 13.2 Å². The van der Waals surface area contributed by atoms with Crippen molar-refractivity contribution in [2.45, 2.75) is 13.3 Å². The van der Waals surface area contributed by atoms with Crippen molar-refractivity contribution in [3.05, 3.63) is 35.1 Å². The molecule has 0 bridgehead atoms. The summed E-state index contributed by atoms with van der Waals surface area (Å²) in [4.78, 5) is 0. The van der Waals surface area contributed by atoms with Crippen molar-refractivity contribution in [2.24, 2.45) is 0 Å². The van der Waals surface area contributed by atoms with Crippen LogP contribution in [0.5, 0.6) is 0 Å². The SMILES string of the molecule is CCCNCC#Cc1ccc(F)c(F)c1F. The summed E-state index contributed by atoms with van der Waals surface area (Å²) in [5.41, 5.74) is -0.128. The third-order valence-corrected chi connectivity index (χ3v) is 1.90. The highest BCUT2D eigenvalue weighted by atomic mass is 19.2. The molecule has 0 atom stereocenters. The summed E-state index contributed by atoms with van der Waals surface area (Å²) in [5, 5.41) is 2.99. The minimum absolute atomic E-state index is 0.128. The van der Waals surface area contributed by atoms with Gasteiger partial charge >= 0.3 is 0 Å². The van der Waals surface area contributed by atoms with Gasteiger partial charge in [-0.2, -0.15) is 0 Å². The smallest absolute Gasteiger partial charge is 0.195 e. The summed E-state index contributed by atoms with van der Waals surface area (Å²) in [6.07, 6.45) is 0.973. The van der Waals surface area contributed by atoms with E-state index in [4.69, 9.17) is 0 Å². The first-order chi connectivity index (χ1) is 7.66. The number of rotatable bonds is 3. The summed E-state index contributed by atoms with van der Waals surface area (Å²) in [6.45, 7) is 3.22. The Morgan fingerprint density at radius 2 is 1.94 bits per heavy atom. The average Bonchev–Trinajstić information content (AvgIpc) is 2.28. The van der Waals surface area contributed by atoms with Crippen molar-refractivity contribution in [2.75, 3.05) is 13.1 Å². The number of hydrogen-bond donors (Lipinski definition) is 1. The van der Waals surface area contributed by atoms with E-state index in [1.165, 1.54) is 0 Å². The predicted molar refractivity (Wildman–Crippen MR) is 56.4 cm³/mol. The molecule has 1 nitrogen and oxygen atoms in total. The van der Waals surface area contributed by atoms with E-state index in [0.717, 1.165) is 25.1 Å². The van der Waals surface area contributed by atoms with E-state index in [1.54, 1.807) is 0 Å². The maximum atomic E-state index is 13.1. The fourth-order valence-electron chi connectivity index (χ4n) is 1.09. The van der Waals surface area contributed by atoms with Gasteiger partial charge in [0.25, 0.3) is 0 Å². The van der Waals surface area contributed by atoms with Gasteiger partial charge in [0.2, 0.25) is 0 Å². The molecule has 0 fully saturated rings. The second kappa shape index (κ2) is 6.19. The van der Waals surface area contributed by atoms with Crippen LogP contribution in [0.15, 0.2) is 12.1 Å². The molecule has 86 valence electrons. The molecule has 0 saturated heterocycles. The van der Waals surface area contributed by atoms with Crippen LogP contribution in [-0.4, -0.2) is 13.1 Å². The number of nitrogens with one attached hydrogen (secondary N) is 1. The number of halogens is 3. The molecule has 4 heteroatoms. The van der Waals surface area contributed by atoms with Gasteiger partial charge in [0.05, 0.1) is 12.1 Å². The van der Waals surface area contributed by atoms with Gasteiger partial charge in [0.15, 0.2) is 17.5 Å². The highest BCUT2D eigenvalue weighted by molar-refractivity contribution is 5.36. The second-order valence-corrected chi connectivity index (χ2v) is 3.20. The third kappa shape index (κ3) is 3.28. The van der Waals surface area contributed by atoms with Crippen molar-refractivity contribution in [3.8, 4) is 11.8 Å². The van der Waals surface area contributed by atoms with Gasteiger partial charge < -0.3 is 5.32 Å². The molecule has 0 heterocycles. The zero-order valence-electron chi connectivity index (χ0n) is 8.91. The quantitative estimate of drug-likeness (QED) is 0.475. The minimum atomic E-state index is -1.48. The van der Waals surface area contributed by atoms with Crippen LogP contribution in [-0.2, 0) is 0 Å². The lowest BCUT2D eigenvalue weighted by Gasteiger charge is -1.97. The molecular formula is C12H12F3N. The standard InChI is InChI=1S/C12H12F3N/c1-2-7-16-8-3-4-9-5-6-10(13)12(15)11(9)14/h5-6,16H,2,7-8H2,1H3. The lowest BCUT2D eigenvalue weighted by molar-refractivity contribution is 0.446. The first kappa shape index (κ1) is 12.6. The fraction of sp³-hybridized carbons (Fsp3) is 0.333. The van der Waals surface area contributed by atoms with Crippen molar-refractivity contribution in [1.29, 1.82) is 0 Å². The molecule has 1 aromatic rings. The highest BCUT2D eigenvalue weighted by Crippen LogP contribution is 2.13. The molecule has 0 saturated carbocycles. The summed E-state index contributed by atoms with van der Waals surface area (Å²) >= 11 is 0. The van der Waals surface area contributed by atoms with Crippen molar-refractivity contribution < 1.29 is 13.2 Å². The van der Waals surface area contributed by atoms with Gasteiger partial charge in [-0.05, 0) is 25.1 Å². The predicted octanol–water partition coefficient (Wildman–Crippen LogP) is 2.46. The van der Waals surface area contributed by atoms with Crippen molar-refractivity contribution >= 4 is 0 Å². The molecule has 0 radical (unpaired) electrons. The summed E-state index contributed by atoms with van der Waals surface area (Å²) < 4.78 is 38.5. The minimum Gasteiger partial charge on any atom is -0.306 e. The van der Waals surface area contributed by atoms with Gasteiger partial charge in [-0.3, -0.25) is 0 Å². The Hall–Kier alpha value is -1.47. The maximum absolute atomic E-state index is 13.1. The Balaban J connectivity index is 2.70. The number of hydrogen-bond acceptors (Lipinski definition) is 1. The van der Waals surface area contributed by atoms with Crippen LogP contribution in [0.4, 0.5) is 13.2 Å². The molecule has 0 spiro atoms. The van der Waals surface area contributed by atoms with E-state index >= 15 is 0 Å². The van der Waals surface area contributed by atoms with Crippen molar-refractivity contribution in [1.82, 2.24) is 5.32 Å². The summed E-state index contributed by atoms with van der Waals surface area (Å²) in [7, 11) is 0. The Morgan fingerprint density at radius 1 is 1.19 bits per heavy atom. The normalized spacial score (nSPS) is 9.75. The Morgan fingerprint density at radius 3 is 2.62 bits per heavy atom. The molecule has 16 heavy (non-hydrogen) atoms. The lowest BCUT2D eigenvalue weighted by atomic mass is 10.2. The third-order valence-electron chi connectivity index (χ3n) is 1.90. The van der Waals surface area contributed by atoms with E-state index in [2.05, 4.69) is 17.2 Å². The van der Waals surface area contributed by atoms with Gasteiger partial charge in [0, 0.05) is 0 Å². The Bertz CT molecular complexity index is 418. The van der Waals surface area contributed by atoms with E-state index < -0.39 is 17.5 Å². The zero-order valence-corrected chi connectivity index (χ0v) is 8.91. The second-order valence-electron chi connectivity index (χ2n) is 3.20. The summed E-state index contributed by atoms with van der Waals surface area (Å²) in [5.74, 6) is 1.17. The maximum Gasteiger partial charge on any atom is 0.195 e. The van der Waals surface area contributed by atoms with Gasteiger partial charge in [-0.1, -0.05) is 18.8 Å². The fourth-order valence-corrected chi connectivity index (χ4v) is 1.09. The molecule has 1 rings (SSSR count). The summed E-state index contributed by atoms with van der Waals surface area (Å²) in [6, 6.07) is 1.99. The molecule has 1 N–H and O–H groups in total. The van der Waals surface area contributed by atoms with Crippen LogP contribution in [0.3, 0.4) is 0 Å². The molecule has 0 unspecified atom stereocenters. The monoisotopic (exact) mass is 227 g/mol. The van der Waals surface area contributed by atoms with Crippen LogP contribution in [0, 0.1) is 29.3 Å². The molecule has 1 aromatic carbocycles. The average molecular weight is 227 g/mol. The van der Waals surface area contributed by atoms with Crippen molar-refractivity contribution in [3.63, 3.8) is 0 Å². The first-order valence-electron chi connectivity index (χ1n) is 5.00. The van der Waals surface area contributed by atoms with Crippen LogP contribution in [0.1, 0.15) is 18.9 Å². The molecule has 0 amide bonds. The Kier molecular flexibility index (Phi) is 4.87. The first-order valence-corrected chi connectivity index (χ1v) is 5.00. The van der Waals surface area contributed by atoms with E-state index in [9.17, 15) is 13.2 Å². The van der Waals surface area contributed by atoms with E-state index in [-0.39, 0.29) is 5.56 Å².